The summed E-state index contributed by atoms with van der Waals surface area (Å²) in [5.41, 5.74) is 0.889. The first-order chi connectivity index (χ1) is 15.6. The Morgan fingerprint density at radius 3 is 2.59 bits per heavy atom. The molecule has 168 valence electrons. The van der Waals surface area contributed by atoms with Gasteiger partial charge in [-0.1, -0.05) is 35.9 Å². The summed E-state index contributed by atoms with van der Waals surface area (Å²) in [5, 5.41) is 3.73. The minimum Gasteiger partial charge on any atom is -0.493 e. The fraction of sp³-hybridized carbons (Fsp3) is 0.320. The highest BCUT2D eigenvalue weighted by molar-refractivity contribution is 6.30. The second-order valence-electron chi connectivity index (χ2n) is 7.79. The summed E-state index contributed by atoms with van der Waals surface area (Å²) in [5.74, 6) is 1.79. The summed E-state index contributed by atoms with van der Waals surface area (Å²) in [6.07, 6.45) is 1.62. The summed E-state index contributed by atoms with van der Waals surface area (Å²) in [4.78, 5) is 12.8. The fourth-order valence-corrected chi connectivity index (χ4v) is 4.14. The van der Waals surface area contributed by atoms with Gasteiger partial charge in [0.2, 0.25) is 0 Å². The largest absolute Gasteiger partial charge is 0.493 e. The molecular formula is C25H26ClNO5. The molecule has 3 aromatic rings. The molecule has 1 N–H and O–H groups in total. The van der Waals surface area contributed by atoms with Crippen molar-refractivity contribution in [1.82, 2.24) is 5.32 Å². The van der Waals surface area contributed by atoms with Crippen LogP contribution in [0.3, 0.4) is 0 Å². The average Bonchev–Trinajstić information content (AvgIpc) is 3.31. The van der Waals surface area contributed by atoms with Gasteiger partial charge in [0.05, 0.1) is 7.11 Å². The molecule has 0 unspecified atom stereocenters. The van der Waals surface area contributed by atoms with Gasteiger partial charge in [-0.2, -0.15) is 0 Å². The topological polar surface area (TPSA) is 69.9 Å². The number of carbonyl (C=O) groups excluding carboxylic acids is 1. The molecule has 1 amide bonds. The van der Waals surface area contributed by atoms with Crippen LogP contribution >= 0.6 is 11.6 Å². The highest BCUT2D eigenvalue weighted by Crippen LogP contribution is 2.35. The van der Waals surface area contributed by atoms with Crippen molar-refractivity contribution in [2.45, 2.75) is 24.9 Å². The normalized spacial score (nSPS) is 15.2. The lowest BCUT2D eigenvalue weighted by Crippen LogP contribution is -2.44. The molecule has 6 nitrogen and oxygen atoms in total. The minimum atomic E-state index is -0.263. The summed E-state index contributed by atoms with van der Waals surface area (Å²) >= 11 is 6.23. The smallest absolute Gasteiger partial charge is 0.287 e. The number of nitrogens with one attached hydrogen (secondary N) is 1. The monoisotopic (exact) mass is 455 g/mol. The highest BCUT2D eigenvalue weighted by atomic mass is 35.5. The second-order valence-corrected chi connectivity index (χ2v) is 8.23. The van der Waals surface area contributed by atoms with E-state index in [2.05, 4.69) is 11.4 Å². The van der Waals surface area contributed by atoms with Gasteiger partial charge in [0.25, 0.3) is 5.91 Å². The summed E-state index contributed by atoms with van der Waals surface area (Å²) in [6.45, 7) is 1.96. The maximum atomic E-state index is 12.8. The maximum Gasteiger partial charge on any atom is 0.287 e. The lowest BCUT2D eigenvalue weighted by molar-refractivity contribution is 0.0484. The summed E-state index contributed by atoms with van der Waals surface area (Å²) in [7, 11) is 1.59. The van der Waals surface area contributed by atoms with Crippen LogP contribution in [0.4, 0.5) is 0 Å². The predicted octanol–water partition coefficient (Wildman–Crippen LogP) is 5.00. The number of rotatable bonds is 8. The number of benzene rings is 2. The molecule has 0 aliphatic carbocycles. The van der Waals surface area contributed by atoms with Gasteiger partial charge >= 0.3 is 0 Å². The zero-order chi connectivity index (χ0) is 22.4. The van der Waals surface area contributed by atoms with Crippen LogP contribution in [0.2, 0.25) is 5.02 Å². The van der Waals surface area contributed by atoms with E-state index in [0.29, 0.717) is 42.0 Å². The van der Waals surface area contributed by atoms with Crippen LogP contribution in [0.1, 0.15) is 34.7 Å². The number of ether oxygens (including phenoxy) is 3. The Bertz CT molecular complexity index is 1060. The van der Waals surface area contributed by atoms with E-state index in [4.69, 9.17) is 30.2 Å². The van der Waals surface area contributed by atoms with E-state index in [1.807, 2.05) is 42.5 Å². The van der Waals surface area contributed by atoms with Crippen molar-refractivity contribution in [3.63, 3.8) is 0 Å². The Hall–Kier alpha value is -2.96. The predicted molar refractivity (Wildman–Crippen MR) is 122 cm³/mol. The van der Waals surface area contributed by atoms with Crippen LogP contribution in [0, 0.1) is 0 Å². The Balaban J connectivity index is 1.40. The number of para-hydroxylation sites is 2. The van der Waals surface area contributed by atoms with Crippen molar-refractivity contribution in [3.8, 4) is 11.5 Å². The number of hydrogen-bond donors (Lipinski definition) is 1. The van der Waals surface area contributed by atoms with Gasteiger partial charge in [0.1, 0.15) is 12.4 Å². The van der Waals surface area contributed by atoms with E-state index >= 15 is 0 Å². The molecule has 1 aliphatic heterocycles. The maximum absolute atomic E-state index is 12.8. The SMILES string of the molecule is COc1ccccc1OCc1ccc(C(=O)NCC2(c3cccc(Cl)c3)CCOCC2)o1. The van der Waals surface area contributed by atoms with E-state index in [1.165, 1.54) is 0 Å². The van der Waals surface area contributed by atoms with Crippen molar-refractivity contribution < 1.29 is 23.4 Å². The molecule has 7 heteroatoms. The van der Waals surface area contributed by atoms with Crippen LogP contribution in [-0.2, 0) is 16.8 Å². The van der Waals surface area contributed by atoms with Crippen LogP contribution in [0.25, 0.3) is 0 Å². The quantitative estimate of drug-likeness (QED) is 0.517. The molecule has 0 bridgehead atoms. The van der Waals surface area contributed by atoms with E-state index in [9.17, 15) is 4.79 Å². The third-order valence-corrected chi connectivity index (χ3v) is 6.03. The molecule has 0 saturated carbocycles. The molecule has 0 spiro atoms. The van der Waals surface area contributed by atoms with Gasteiger partial charge in [-0.3, -0.25) is 4.79 Å². The van der Waals surface area contributed by atoms with Crippen LogP contribution in [-0.4, -0.2) is 32.8 Å². The molecule has 2 heterocycles. The van der Waals surface area contributed by atoms with Crippen LogP contribution in [0.15, 0.2) is 65.1 Å². The van der Waals surface area contributed by atoms with Gasteiger partial charge < -0.3 is 23.9 Å². The van der Waals surface area contributed by atoms with E-state index in [0.717, 1.165) is 18.4 Å². The number of furan rings is 1. The Morgan fingerprint density at radius 1 is 1.06 bits per heavy atom. The van der Waals surface area contributed by atoms with Gasteiger partial charge in [0.15, 0.2) is 17.3 Å². The Morgan fingerprint density at radius 2 is 1.84 bits per heavy atom. The Kier molecular flexibility index (Phi) is 7.02. The molecule has 1 aromatic heterocycles. The van der Waals surface area contributed by atoms with Crippen molar-refractivity contribution in [3.05, 3.63) is 82.8 Å². The first-order valence-corrected chi connectivity index (χ1v) is 10.9. The molecule has 1 aliphatic rings. The van der Waals surface area contributed by atoms with Crippen LogP contribution < -0.4 is 14.8 Å². The number of halogens is 1. The molecular weight excluding hydrogens is 430 g/mol. The highest BCUT2D eigenvalue weighted by Gasteiger charge is 2.35. The zero-order valence-electron chi connectivity index (χ0n) is 17.9. The zero-order valence-corrected chi connectivity index (χ0v) is 18.7. The number of methoxy groups -OCH3 is 1. The lowest BCUT2D eigenvalue weighted by atomic mass is 9.74. The molecule has 2 aromatic carbocycles. The van der Waals surface area contributed by atoms with Gasteiger partial charge in [-0.25, -0.2) is 0 Å². The third-order valence-electron chi connectivity index (χ3n) is 5.80. The van der Waals surface area contributed by atoms with Crippen molar-refractivity contribution in [2.24, 2.45) is 0 Å². The number of hydrogen-bond acceptors (Lipinski definition) is 5. The van der Waals surface area contributed by atoms with Crippen molar-refractivity contribution in [2.75, 3.05) is 26.9 Å². The second kappa shape index (κ2) is 10.1. The van der Waals surface area contributed by atoms with Gasteiger partial charge in [-0.05, 0) is 54.8 Å². The number of carbonyl (C=O) groups is 1. The standard InChI is InChI=1S/C25H26ClNO5/c1-29-21-7-2-3-8-22(21)31-16-20-9-10-23(32-20)24(28)27-17-25(11-13-30-14-12-25)18-5-4-6-19(26)15-18/h2-10,15H,11-14,16-17H2,1H3,(H,27,28). The van der Waals surface area contributed by atoms with Crippen LogP contribution in [0.5, 0.6) is 11.5 Å². The first-order valence-electron chi connectivity index (χ1n) is 10.6. The van der Waals surface area contributed by atoms with E-state index in [-0.39, 0.29) is 23.7 Å². The van der Waals surface area contributed by atoms with Crippen molar-refractivity contribution in [1.29, 1.82) is 0 Å². The van der Waals surface area contributed by atoms with E-state index < -0.39 is 0 Å². The van der Waals surface area contributed by atoms with E-state index in [1.54, 1.807) is 19.2 Å². The van der Waals surface area contributed by atoms with Gasteiger partial charge in [0, 0.05) is 30.2 Å². The lowest BCUT2D eigenvalue weighted by Gasteiger charge is -2.38. The number of amides is 1. The summed E-state index contributed by atoms with van der Waals surface area (Å²) < 4.78 is 22.3. The molecule has 0 radical (unpaired) electrons. The molecule has 1 saturated heterocycles. The molecule has 4 rings (SSSR count). The molecule has 0 atom stereocenters. The molecule has 1 fully saturated rings. The minimum absolute atomic E-state index is 0.192. The third kappa shape index (κ3) is 5.09. The molecule has 32 heavy (non-hydrogen) atoms. The summed E-state index contributed by atoms with van der Waals surface area (Å²) in [6, 6.07) is 18.6. The Labute approximate surface area is 192 Å². The fourth-order valence-electron chi connectivity index (χ4n) is 3.95. The van der Waals surface area contributed by atoms with Crippen molar-refractivity contribution >= 4 is 17.5 Å². The first kappa shape index (κ1) is 22.2. The van der Waals surface area contributed by atoms with Gasteiger partial charge in [-0.15, -0.1) is 0 Å². The average molecular weight is 456 g/mol.